The standard InChI is InChI=1S/C13H28S14/c14-1-2-16-3-6-18-19-7-4-17-5-8-22-25-13-26-23-10-9-20-21-11-12-24-27-15/h14-15H,1-13H2. The van der Waals surface area contributed by atoms with Crippen LogP contribution in [0.4, 0.5) is 0 Å². The summed E-state index contributed by atoms with van der Waals surface area (Å²) in [7, 11) is 19.5. The maximum atomic E-state index is 4.22. The van der Waals surface area contributed by atoms with Crippen LogP contribution in [-0.4, -0.2) is 74.1 Å². The van der Waals surface area contributed by atoms with E-state index in [2.05, 4.69) is 36.1 Å². The summed E-state index contributed by atoms with van der Waals surface area (Å²) in [5, 5.41) is 1.20. The largest absolute Gasteiger partial charge is 0.179 e. The first-order chi connectivity index (χ1) is 13.4. The van der Waals surface area contributed by atoms with Gasteiger partial charge in [-0.3, -0.25) is 0 Å². The van der Waals surface area contributed by atoms with Crippen molar-refractivity contribution in [2.24, 2.45) is 0 Å². The lowest BCUT2D eigenvalue weighted by atomic mass is 10.9. The third-order valence-corrected chi connectivity index (χ3v) is 18.6. The van der Waals surface area contributed by atoms with E-state index in [1.807, 2.05) is 109 Å². The summed E-state index contributed by atoms with van der Waals surface area (Å²) in [4.78, 5) is 0. The van der Waals surface area contributed by atoms with Crippen molar-refractivity contribution in [1.82, 2.24) is 0 Å². The zero-order valence-electron chi connectivity index (χ0n) is 15.0. The van der Waals surface area contributed by atoms with Crippen LogP contribution in [0.1, 0.15) is 0 Å². The molecule has 0 heterocycles. The van der Waals surface area contributed by atoms with Gasteiger partial charge in [0.2, 0.25) is 0 Å². The first-order valence-electron chi connectivity index (χ1n) is 8.08. The predicted molar refractivity (Wildman–Crippen MR) is 172 cm³/mol. The SMILES string of the molecule is SCCSCCSSCCSCCSSCSSCCSSCCSSS. The summed E-state index contributed by atoms with van der Waals surface area (Å²) in [6.45, 7) is 0. The van der Waals surface area contributed by atoms with Gasteiger partial charge >= 0.3 is 0 Å². The average molecular weight is 633 g/mol. The number of hydrogen-bond acceptors (Lipinski definition) is 14. The van der Waals surface area contributed by atoms with Crippen LogP contribution in [0.25, 0.3) is 0 Å². The van der Waals surface area contributed by atoms with E-state index < -0.39 is 0 Å². The van der Waals surface area contributed by atoms with E-state index in [1.54, 1.807) is 9.83 Å². The highest BCUT2D eigenvalue weighted by Crippen LogP contribution is 2.34. The lowest BCUT2D eigenvalue weighted by Gasteiger charge is -2.03. The first kappa shape index (κ1) is 31.9. The monoisotopic (exact) mass is 632 g/mol. The Morgan fingerprint density at radius 2 is 0.778 bits per heavy atom. The molecule has 0 spiro atoms. The van der Waals surface area contributed by atoms with Crippen LogP contribution in [0.3, 0.4) is 0 Å². The van der Waals surface area contributed by atoms with Gasteiger partial charge in [0.15, 0.2) is 0 Å². The van der Waals surface area contributed by atoms with E-state index >= 15 is 0 Å². The van der Waals surface area contributed by atoms with Gasteiger partial charge in [-0.2, -0.15) is 36.2 Å². The molecule has 27 heavy (non-hydrogen) atoms. The fraction of sp³-hybridized carbons (Fsp3) is 1.00. The zero-order valence-corrected chi connectivity index (χ0v) is 26.6. The van der Waals surface area contributed by atoms with Crippen LogP contribution in [0.2, 0.25) is 0 Å². The third kappa shape index (κ3) is 30.9. The second-order valence-electron chi connectivity index (χ2n) is 4.13. The Bertz CT molecular complexity index is 235. The molecule has 0 N–H and O–H groups in total. The molecule has 0 aromatic heterocycles. The molecule has 0 aliphatic rings. The maximum absolute atomic E-state index is 4.22. The lowest BCUT2D eigenvalue weighted by molar-refractivity contribution is 1.50. The smallest absolute Gasteiger partial charge is 0.0600 e. The van der Waals surface area contributed by atoms with Gasteiger partial charge < -0.3 is 0 Å². The van der Waals surface area contributed by atoms with Crippen molar-refractivity contribution in [3.63, 3.8) is 0 Å². The van der Waals surface area contributed by atoms with Gasteiger partial charge in [0.25, 0.3) is 0 Å². The summed E-state index contributed by atoms with van der Waals surface area (Å²) in [5.41, 5.74) is 0. The fourth-order valence-corrected chi connectivity index (χ4v) is 16.8. The molecule has 0 bridgehead atoms. The van der Waals surface area contributed by atoms with Crippen LogP contribution in [0, 0.1) is 0 Å². The van der Waals surface area contributed by atoms with Crippen LogP contribution in [-0.2, 0) is 0 Å². The molecule has 14 heteroatoms. The molecule has 0 rings (SSSR count). The van der Waals surface area contributed by atoms with Gasteiger partial charge in [-0.1, -0.05) is 109 Å². The molecule has 0 nitrogen and oxygen atoms in total. The number of rotatable bonds is 24. The van der Waals surface area contributed by atoms with Crippen LogP contribution >= 0.6 is 155 Å². The predicted octanol–water partition coefficient (Wildman–Crippen LogP) is 9.09. The summed E-state index contributed by atoms with van der Waals surface area (Å²) in [5.74, 6) is 14.8. The Balaban J connectivity index is 2.95. The van der Waals surface area contributed by atoms with E-state index in [0.29, 0.717) is 0 Å². The van der Waals surface area contributed by atoms with Gasteiger partial charge in [0.1, 0.15) is 0 Å². The van der Waals surface area contributed by atoms with Crippen molar-refractivity contribution in [3.05, 3.63) is 0 Å². The minimum Gasteiger partial charge on any atom is -0.179 e. The van der Waals surface area contributed by atoms with E-state index in [1.165, 1.54) is 68.4 Å². The van der Waals surface area contributed by atoms with Crippen LogP contribution in [0.15, 0.2) is 0 Å². The van der Waals surface area contributed by atoms with Gasteiger partial charge in [-0.25, -0.2) is 0 Å². The highest BCUT2D eigenvalue weighted by atomic mass is 33.5. The van der Waals surface area contributed by atoms with Crippen LogP contribution in [0.5, 0.6) is 0 Å². The van der Waals surface area contributed by atoms with Gasteiger partial charge in [-0.15, -0.1) is 0 Å². The zero-order chi connectivity index (χ0) is 19.7. The van der Waals surface area contributed by atoms with E-state index in [0.717, 1.165) is 5.75 Å². The molecule has 0 amide bonds. The molecular weight excluding hydrogens is 605 g/mol. The third-order valence-electron chi connectivity index (χ3n) is 2.15. The van der Waals surface area contributed by atoms with Crippen LogP contribution < -0.4 is 0 Å². The number of hydrogen-bond donors (Lipinski definition) is 2. The molecule has 0 atom stereocenters. The summed E-state index contributed by atoms with van der Waals surface area (Å²) >= 11 is 12.5. The molecule has 0 fully saturated rings. The van der Waals surface area contributed by atoms with Crippen molar-refractivity contribution in [1.29, 1.82) is 0 Å². The normalized spacial score (nSPS) is 11.3. The highest BCUT2D eigenvalue weighted by molar-refractivity contribution is 9.05. The Hall–Kier alpha value is 4.90. The van der Waals surface area contributed by atoms with Crippen molar-refractivity contribution in [2.45, 2.75) is 0 Å². The molecule has 164 valence electrons. The minimum atomic E-state index is 1.00. The Morgan fingerprint density at radius 3 is 1.22 bits per heavy atom. The van der Waals surface area contributed by atoms with Gasteiger partial charge in [0, 0.05) is 63.3 Å². The molecule has 0 aromatic rings. The Morgan fingerprint density at radius 1 is 0.407 bits per heavy atom. The molecule has 0 saturated heterocycles. The summed E-state index contributed by atoms with van der Waals surface area (Å²) < 4.78 is 0. The highest BCUT2D eigenvalue weighted by Gasteiger charge is 1.97. The maximum Gasteiger partial charge on any atom is 0.0600 e. The molecule has 0 aromatic carbocycles. The number of thioether (sulfide) groups is 2. The van der Waals surface area contributed by atoms with E-state index in [9.17, 15) is 0 Å². The molecule has 0 radical (unpaired) electrons. The molecule has 0 aliphatic carbocycles. The fourth-order valence-electron chi connectivity index (χ4n) is 1.16. The first-order valence-corrected chi connectivity index (χ1v) is 24.4. The van der Waals surface area contributed by atoms with Gasteiger partial charge in [-0.05, 0) is 15.6 Å². The van der Waals surface area contributed by atoms with E-state index in [4.69, 9.17) is 0 Å². The number of thiol groups is 2. The lowest BCUT2D eigenvalue weighted by Crippen LogP contribution is -1.89. The average Bonchev–Trinajstić information content (AvgIpc) is 2.68. The van der Waals surface area contributed by atoms with E-state index in [-0.39, 0.29) is 0 Å². The Labute approximate surface area is 225 Å². The molecule has 0 aliphatic heterocycles. The molecular formula is C13H28S14. The Kier molecular flexibility index (Phi) is 36.5. The van der Waals surface area contributed by atoms with Crippen molar-refractivity contribution >= 4 is 155 Å². The minimum absolute atomic E-state index is 1.00. The quantitative estimate of drug-likeness (QED) is 0.0451. The van der Waals surface area contributed by atoms with Crippen molar-refractivity contribution in [2.75, 3.05) is 74.1 Å². The second-order valence-corrected chi connectivity index (χ2v) is 21.3. The van der Waals surface area contributed by atoms with Gasteiger partial charge in [0.05, 0.1) is 5.08 Å². The molecule has 0 saturated carbocycles. The van der Waals surface area contributed by atoms with Crippen molar-refractivity contribution < 1.29 is 0 Å². The summed E-state index contributed by atoms with van der Waals surface area (Å²) in [6.07, 6.45) is 0. The van der Waals surface area contributed by atoms with Crippen molar-refractivity contribution in [3.8, 4) is 0 Å². The topological polar surface area (TPSA) is 0 Å². The second kappa shape index (κ2) is 30.9. The molecule has 0 unspecified atom stereocenters. The summed E-state index contributed by atoms with van der Waals surface area (Å²) in [6, 6.07) is 0.